The van der Waals surface area contributed by atoms with Gasteiger partial charge in [0.1, 0.15) is 0 Å². The van der Waals surface area contributed by atoms with Gasteiger partial charge in [-0.1, -0.05) is 22.9 Å². The van der Waals surface area contributed by atoms with Gasteiger partial charge in [0.25, 0.3) is 0 Å². The third kappa shape index (κ3) is 1.80. The van der Waals surface area contributed by atoms with Crippen LogP contribution in [-0.2, 0) is 6.54 Å². The predicted molar refractivity (Wildman–Crippen MR) is 57.2 cm³/mol. The van der Waals surface area contributed by atoms with E-state index in [2.05, 4.69) is 32.4 Å². The topological polar surface area (TPSA) is 17.8 Å². The zero-order chi connectivity index (χ0) is 9.26. The van der Waals surface area contributed by atoms with Gasteiger partial charge in [0, 0.05) is 29.7 Å². The lowest BCUT2D eigenvalue weighted by Gasteiger charge is -2.04. The van der Waals surface area contributed by atoms with Crippen LogP contribution in [-0.4, -0.2) is 14.9 Å². The van der Waals surface area contributed by atoms with Crippen molar-refractivity contribution in [3.05, 3.63) is 18.2 Å². The number of aromatic nitrogens is 2. The van der Waals surface area contributed by atoms with Gasteiger partial charge in [-0.2, -0.15) is 0 Å². The van der Waals surface area contributed by atoms with Gasteiger partial charge in [-0.3, -0.25) is 0 Å². The Bertz CT molecular complexity index is 282. The Morgan fingerprint density at radius 1 is 1.69 bits per heavy atom. The predicted octanol–water partition coefficient (Wildman–Crippen LogP) is 2.79. The first kappa shape index (κ1) is 9.25. The number of aryl methyl sites for hydroxylation is 1. The molecule has 0 amide bonds. The van der Waals surface area contributed by atoms with Gasteiger partial charge in [0.2, 0.25) is 0 Å². The third-order valence-electron chi connectivity index (χ3n) is 2.71. The Labute approximate surface area is 87.5 Å². The molecule has 1 fully saturated rings. The third-order valence-corrected chi connectivity index (χ3v) is 3.54. The van der Waals surface area contributed by atoms with Crippen LogP contribution in [0, 0.1) is 5.92 Å². The molecule has 2 nitrogen and oxygen atoms in total. The molecule has 0 spiro atoms. The first-order valence-corrected chi connectivity index (χ1v) is 6.05. The van der Waals surface area contributed by atoms with Crippen LogP contribution in [0.4, 0.5) is 0 Å². The standard InChI is InChI=1S/C10H15BrN2/c1-2-3-13-7-12-6-10(13)9-4-8(9)5-11/h6-9H,2-5H2,1H3. The molecule has 0 radical (unpaired) electrons. The van der Waals surface area contributed by atoms with Crippen LogP contribution < -0.4 is 0 Å². The van der Waals surface area contributed by atoms with Crippen molar-refractivity contribution in [2.24, 2.45) is 5.92 Å². The number of alkyl halides is 1. The average Bonchev–Trinajstić information content (AvgIpc) is 2.79. The van der Waals surface area contributed by atoms with Crippen LogP contribution in [0.5, 0.6) is 0 Å². The molecule has 72 valence electrons. The van der Waals surface area contributed by atoms with Crippen LogP contribution >= 0.6 is 15.9 Å². The van der Waals surface area contributed by atoms with E-state index in [0.717, 1.165) is 23.7 Å². The summed E-state index contributed by atoms with van der Waals surface area (Å²) in [6, 6.07) is 0. The number of hydrogen-bond donors (Lipinski definition) is 0. The fraction of sp³-hybridized carbons (Fsp3) is 0.700. The largest absolute Gasteiger partial charge is 0.334 e. The molecular formula is C10H15BrN2. The minimum absolute atomic E-state index is 0.772. The van der Waals surface area contributed by atoms with E-state index >= 15 is 0 Å². The Balaban J connectivity index is 2.07. The molecule has 2 unspecified atom stereocenters. The Morgan fingerprint density at radius 2 is 2.54 bits per heavy atom. The van der Waals surface area contributed by atoms with E-state index in [9.17, 15) is 0 Å². The lowest BCUT2D eigenvalue weighted by atomic mass is 10.2. The highest BCUT2D eigenvalue weighted by atomic mass is 79.9. The second-order valence-corrected chi connectivity index (χ2v) is 4.42. The summed E-state index contributed by atoms with van der Waals surface area (Å²) in [5.41, 5.74) is 1.44. The molecular weight excluding hydrogens is 228 g/mol. The van der Waals surface area contributed by atoms with Crippen LogP contribution in [0.15, 0.2) is 12.5 Å². The second-order valence-electron chi connectivity index (χ2n) is 3.77. The Kier molecular flexibility index (Phi) is 2.72. The second kappa shape index (κ2) is 3.82. The van der Waals surface area contributed by atoms with Crippen molar-refractivity contribution in [1.82, 2.24) is 9.55 Å². The summed E-state index contributed by atoms with van der Waals surface area (Å²) >= 11 is 3.54. The summed E-state index contributed by atoms with van der Waals surface area (Å²) in [5, 5.41) is 1.13. The molecule has 1 aliphatic rings. The highest BCUT2D eigenvalue weighted by molar-refractivity contribution is 9.09. The maximum atomic E-state index is 4.22. The maximum absolute atomic E-state index is 4.22. The van der Waals surface area contributed by atoms with E-state index in [1.165, 1.54) is 18.5 Å². The van der Waals surface area contributed by atoms with Crippen molar-refractivity contribution < 1.29 is 0 Å². The van der Waals surface area contributed by atoms with Crippen LogP contribution in [0.25, 0.3) is 0 Å². The van der Waals surface area contributed by atoms with Crippen LogP contribution in [0.2, 0.25) is 0 Å². The van der Waals surface area contributed by atoms with E-state index in [1.54, 1.807) is 0 Å². The fourth-order valence-corrected chi connectivity index (χ4v) is 2.56. The van der Waals surface area contributed by atoms with Gasteiger partial charge in [-0.15, -0.1) is 0 Å². The number of hydrogen-bond acceptors (Lipinski definition) is 1. The highest BCUT2D eigenvalue weighted by Gasteiger charge is 2.39. The van der Waals surface area contributed by atoms with E-state index in [1.807, 2.05) is 12.5 Å². The smallest absolute Gasteiger partial charge is 0.0948 e. The number of nitrogens with zero attached hydrogens (tertiary/aromatic N) is 2. The van der Waals surface area contributed by atoms with Crippen LogP contribution in [0.1, 0.15) is 31.4 Å². The van der Waals surface area contributed by atoms with Gasteiger partial charge >= 0.3 is 0 Å². The van der Waals surface area contributed by atoms with E-state index in [0.29, 0.717) is 0 Å². The zero-order valence-electron chi connectivity index (χ0n) is 7.91. The first-order chi connectivity index (χ1) is 6.36. The van der Waals surface area contributed by atoms with Gasteiger partial charge < -0.3 is 4.57 Å². The molecule has 2 rings (SSSR count). The number of halogens is 1. The Morgan fingerprint density at radius 3 is 3.15 bits per heavy atom. The van der Waals surface area contributed by atoms with Crippen molar-refractivity contribution in [2.45, 2.75) is 32.2 Å². The number of rotatable bonds is 4. The molecule has 0 bridgehead atoms. The van der Waals surface area contributed by atoms with E-state index < -0.39 is 0 Å². The molecule has 0 aliphatic heterocycles. The normalized spacial score (nSPS) is 26.3. The Hall–Kier alpha value is -0.310. The summed E-state index contributed by atoms with van der Waals surface area (Å²) in [4.78, 5) is 4.22. The lowest BCUT2D eigenvalue weighted by Crippen LogP contribution is -2.00. The summed E-state index contributed by atoms with van der Waals surface area (Å²) in [6.07, 6.45) is 6.52. The summed E-state index contributed by atoms with van der Waals surface area (Å²) < 4.78 is 2.30. The summed E-state index contributed by atoms with van der Waals surface area (Å²) in [7, 11) is 0. The molecule has 0 N–H and O–H groups in total. The maximum Gasteiger partial charge on any atom is 0.0948 e. The zero-order valence-corrected chi connectivity index (χ0v) is 9.50. The monoisotopic (exact) mass is 242 g/mol. The molecule has 1 heterocycles. The van der Waals surface area contributed by atoms with Gasteiger partial charge in [0.05, 0.1) is 6.33 Å². The minimum Gasteiger partial charge on any atom is -0.334 e. The van der Waals surface area contributed by atoms with Crippen molar-refractivity contribution in [3.8, 4) is 0 Å². The molecule has 0 saturated heterocycles. The number of imidazole rings is 1. The fourth-order valence-electron chi connectivity index (χ4n) is 1.85. The molecule has 1 aliphatic carbocycles. The SMILES string of the molecule is CCCn1cncc1C1CC1CBr. The van der Waals surface area contributed by atoms with E-state index in [-0.39, 0.29) is 0 Å². The molecule has 1 aromatic heterocycles. The van der Waals surface area contributed by atoms with Crippen molar-refractivity contribution in [3.63, 3.8) is 0 Å². The summed E-state index contributed by atoms with van der Waals surface area (Å²) in [5.74, 6) is 1.63. The molecule has 2 atom stereocenters. The van der Waals surface area contributed by atoms with Crippen LogP contribution in [0.3, 0.4) is 0 Å². The van der Waals surface area contributed by atoms with E-state index in [4.69, 9.17) is 0 Å². The van der Waals surface area contributed by atoms with Gasteiger partial charge in [-0.05, 0) is 18.8 Å². The highest BCUT2D eigenvalue weighted by Crippen LogP contribution is 2.48. The summed E-state index contributed by atoms with van der Waals surface area (Å²) in [6.45, 7) is 3.32. The average molecular weight is 243 g/mol. The molecule has 1 saturated carbocycles. The van der Waals surface area contributed by atoms with Gasteiger partial charge in [0.15, 0.2) is 0 Å². The van der Waals surface area contributed by atoms with Crippen molar-refractivity contribution >= 4 is 15.9 Å². The van der Waals surface area contributed by atoms with Crippen molar-refractivity contribution in [1.29, 1.82) is 0 Å². The molecule has 1 aromatic rings. The first-order valence-electron chi connectivity index (χ1n) is 4.92. The van der Waals surface area contributed by atoms with Gasteiger partial charge in [-0.25, -0.2) is 4.98 Å². The lowest BCUT2D eigenvalue weighted by molar-refractivity contribution is 0.641. The molecule has 13 heavy (non-hydrogen) atoms. The van der Waals surface area contributed by atoms with Crippen molar-refractivity contribution in [2.75, 3.05) is 5.33 Å². The minimum atomic E-state index is 0.772. The molecule has 3 heteroatoms. The quantitative estimate of drug-likeness (QED) is 0.743. The molecule has 0 aromatic carbocycles.